The second-order valence-corrected chi connectivity index (χ2v) is 12.0. The van der Waals surface area contributed by atoms with Gasteiger partial charge in [0.15, 0.2) is 0 Å². The Hall–Kier alpha value is -5.99. The SMILES string of the molecule is Cc1cccc2c1nc(-c1ccccc1)n2-c1ccc(-c2c3ccccc3c(-c3ccc4ccccc4c3)c3ccccc23)cc1. The van der Waals surface area contributed by atoms with E-state index in [0.29, 0.717) is 0 Å². The highest BCUT2D eigenvalue weighted by Gasteiger charge is 2.19. The minimum atomic E-state index is 0.952. The van der Waals surface area contributed by atoms with Crippen LogP contribution in [0.15, 0.2) is 164 Å². The maximum absolute atomic E-state index is 5.14. The number of benzene rings is 8. The van der Waals surface area contributed by atoms with E-state index in [9.17, 15) is 0 Å². The zero-order valence-electron chi connectivity index (χ0n) is 25.5. The lowest BCUT2D eigenvalue weighted by atomic mass is 9.85. The van der Waals surface area contributed by atoms with Crippen LogP contribution in [0.4, 0.5) is 0 Å². The van der Waals surface area contributed by atoms with Gasteiger partial charge in [0.25, 0.3) is 0 Å². The molecule has 0 saturated heterocycles. The van der Waals surface area contributed by atoms with E-state index in [1.807, 2.05) is 0 Å². The number of para-hydroxylation sites is 1. The number of fused-ring (bicyclic) bond motifs is 4. The van der Waals surface area contributed by atoms with Gasteiger partial charge in [-0.25, -0.2) is 4.98 Å². The van der Waals surface area contributed by atoms with Crippen LogP contribution >= 0.6 is 0 Å². The van der Waals surface area contributed by atoms with Gasteiger partial charge in [0.2, 0.25) is 0 Å². The summed E-state index contributed by atoms with van der Waals surface area (Å²) in [4.78, 5) is 5.14. The normalized spacial score (nSPS) is 11.6. The molecule has 1 heterocycles. The summed E-state index contributed by atoms with van der Waals surface area (Å²) < 4.78 is 2.29. The molecule has 0 saturated carbocycles. The standard InChI is InChI=1S/C44H30N2/c1-29-12-11-21-40-43(29)45-44(32-14-3-2-4-15-32)46(40)35-26-24-31(25-27-35)41-36-17-7-9-19-38(36)42(39-20-10-8-18-37(39)41)34-23-22-30-13-5-6-16-33(30)28-34/h2-28H,1H3. The van der Waals surface area contributed by atoms with Crippen molar-refractivity contribution >= 4 is 43.4 Å². The fourth-order valence-electron chi connectivity index (χ4n) is 7.15. The molecule has 0 fully saturated rings. The Balaban J connectivity index is 1.26. The number of hydrogen-bond donors (Lipinski definition) is 0. The molecule has 0 aliphatic rings. The average Bonchev–Trinajstić information content (AvgIpc) is 3.52. The van der Waals surface area contributed by atoms with Gasteiger partial charge in [0, 0.05) is 11.3 Å². The molecule has 0 radical (unpaired) electrons. The first kappa shape index (κ1) is 26.4. The molecule has 0 bridgehead atoms. The summed E-state index contributed by atoms with van der Waals surface area (Å²) in [6.45, 7) is 2.13. The predicted molar refractivity (Wildman–Crippen MR) is 195 cm³/mol. The minimum absolute atomic E-state index is 0.952. The highest BCUT2D eigenvalue weighted by atomic mass is 15.1. The van der Waals surface area contributed by atoms with Gasteiger partial charge in [-0.15, -0.1) is 0 Å². The molecule has 0 spiro atoms. The summed E-state index contributed by atoms with van der Waals surface area (Å²) in [5, 5.41) is 7.55. The van der Waals surface area contributed by atoms with Crippen LogP contribution in [0.2, 0.25) is 0 Å². The summed E-state index contributed by atoms with van der Waals surface area (Å²) in [6, 6.07) is 59.1. The molecule has 9 rings (SSSR count). The molecule has 9 aromatic rings. The predicted octanol–water partition coefficient (Wildman–Crippen LogP) is 11.8. The molecule has 0 aliphatic heterocycles. The van der Waals surface area contributed by atoms with Crippen molar-refractivity contribution in [1.82, 2.24) is 9.55 Å². The monoisotopic (exact) mass is 586 g/mol. The fraction of sp³-hybridized carbons (Fsp3) is 0.0227. The van der Waals surface area contributed by atoms with Crippen LogP contribution in [0.25, 0.3) is 82.7 Å². The Kier molecular flexibility index (Phi) is 6.07. The van der Waals surface area contributed by atoms with E-state index in [2.05, 4.69) is 175 Å². The number of hydrogen-bond acceptors (Lipinski definition) is 1. The van der Waals surface area contributed by atoms with Crippen molar-refractivity contribution in [3.05, 3.63) is 169 Å². The van der Waals surface area contributed by atoms with Crippen molar-refractivity contribution in [2.45, 2.75) is 6.92 Å². The van der Waals surface area contributed by atoms with Gasteiger partial charge in [-0.2, -0.15) is 0 Å². The Morgan fingerprint density at radius 2 is 1.00 bits per heavy atom. The molecular weight excluding hydrogens is 556 g/mol. The molecule has 0 unspecified atom stereocenters. The number of imidazole rings is 1. The van der Waals surface area contributed by atoms with Crippen LogP contribution in [0, 0.1) is 6.92 Å². The molecule has 1 aromatic heterocycles. The molecule has 216 valence electrons. The average molecular weight is 587 g/mol. The van der Waals surface area contributed by atoms with Crippen molar-refractivity contribution in [3.8, 4) is 39.3 Å². The Labute approximate surface area is 267 Å². The van der Waals surface area contributed by atoms with Gasteiger partial charge >= 0.3 is 0 Å². The molecular formula is C44H30N2. The molecule has 8 aromatic carbocycles. The van der Waals surface area contributed by atoms with Gasteiger partial charge in [0.05, 0.1) is 11.0 Å². The van der Waals surface area contributed by atoms with E-state index in [-0.39, 0.29) is 0 Å². The lowest BCUT2D eigenvalue weighted by molar-refractivity contribution is 1.10. The second kappa shape index (κ2) is 10.6. The first-order valence-corrected chi connectivity index (χ1v) is 15.8. The smallest absolute Gasteiger partial charge is 0.145 e. The third-order valence-corrected chi connectivity index (χ3v) is 9.30. The zero-order valence-corrected chi connectivity index (χ0v) is 25.5. The van der Waals surface area contributed by atoms with Crippen LogP contribution < -0.4 is 0 Å². The largest absolute Gasteiger partial charge is 0.292 e. The third kappa shape index (κ3) is 4.15. The van der Waals surface area contributed by atoms with Crippen molar-refractivity contribution in [1.29, 1.82) is 0 Å². The zero-order chi connectivity index (χ0) is 30.6. The first-order chi connectivity index (χ1) is 22.7. The summed E-state index contributed by atoms with van der Waals surface area (Å²) in [6.07, 6.45) is 0. The van der Waals surface area contributed by atoms with E-state index in [1.54, 1.807) is 0 Å². The highest BCUT2D eigenvalue weighted by Crippen LogP contribution is 2.44. The maximum atomic E-state index is 5.14. The summed E-state index contributed by atoms with van der Waals surface area (Å²) in [5.41, 5.74) is 10.5. The summed E-state index contributed by atoms with van der Waals surface area (Å²) in [7, 11) is 0. The van der Waals surface area contributed by atoms with Gasteiger partial charge < -0.3 is 0 Å². The fourth-order valence-corrected chi connectivity index (χ4v) is 7.15. The molecule has 0 atom stereocenters. The van der Waals surface area contributed by atoms with Gasteiger partial charge in [-0.1, -0.05) is 140 Å². The molecule has 0 aliphatic carbocycles. The van der Waals surface area contributed by atoms with E-state index < -0.39 is 0 Å². The number of rotatable bonds is 4. The van der Waals surface area contributed by atoms with Crippen LogP contribution in [0.5, 0.6) is 0 Å². The molecule has 46 heavy (non-hydrogen) atoms. The van der Waals surface area contributed by atoms with E-state index in [4.69, 9.17) is 4.98 Å². The van der Waals surface area contributed by atoms with Crippen molar-refractivity contribution < 1.29 is 0 Å². The summed E-state index contributed by atoms with van der Waals surface area (Å²) >= 11 is 0. The third-order valence-electron chi connectivity index (χ3n) is 9.30. The Morgan fingerprint density at radius 3 is 1.67 bits per heavy atom. The Bertz CT molecular complexity index is 2520. The van der Waals surface area contributed by atoms with Gasteiger partial charge in [0.1, 0.15) is 5.82 Å². The number of aryl methyl sites for hydroxylation is 1. The number of nitrogens with zero attached hydrogens (tertiary/aromatic N) is 2. The van der Waals surface area contributed by atoms with Crippen molar-refractivity contribution in [3.63, 3.8) is 0 Å². The van der Waals surface area contributed by atoms with Crippen molar-refractivity contribution in [2.75, 3.05) is 0 Å². The number of aromatic nitrogens is 2. The quantitative estimate of drug-likeness (QED) is 0.188. The lowest BCUT2D eigenvalue weighted by Crippen LogP contribution is -1.98. The molecule has 2 heteroatoms. The topological polar surface area (TPSA) is 17.8 Å². The van der Waals surface area contributed by atoms with Crippen LogP contribution in [-0.4, -0.2) is 9.55 Å². The lowest BCUT2D eigenvalue weighted by Gasteiger charge is -2.18. The van der Waals surface area contributed by atoms with E-state index >= 15 is 0 Å². The van der Waals surface area contributed by atoms with Crippen molar-refractivity contribution in [2.24, 2.45) is 0 Å². The Morgan fingerprint density at radius 1 is 0.435 bits per heavy atom. The highest BCUT2D eigenvalue weighted by molar-refractivity contribution is 6.21. The first-order valence-electron chi connectivity index (χ1n) is 15.8. The molecule has 2 nitrogen and oxygen atoms in total. The van der Waals surface area contributed by atoms with Crippen LogP contribution in [0.1, 0.15) is 5.56 Å². The van der Waals surface area contributed by atoms with E-state index in [1.165, 1.54) is 60.1 Å². The maximum Gasteiger partial charge on any atom is 0.145 e. The van der Waals surface area contributed by atoms with Gasteiger partial charge in [-0.05, 0) is 91.3 Å². The minimum Gasteiger partial charge on any atom is -0.292 e. The van der Waals surface area contributed by atoms with Crippen LogP contribution in [0.3, 0.4) is 0 Å². The second-order valence-electron chi connectivity index (χ2n) is 12.0. The summed E-state index contributed by atoms with van der Waals surface area (Å²) in [5.74, 6) is 0.952. The molecule has 0 amide bonds. The van der Waals surface area contributed by atoms with Gasteiger partial charge in [-0.3, -0.25) is 4.57 Å². The van der Waals surface area contributed by atoms with Crippen LogP contribution in [-0.2, 0) is 0 Å². The van der Waals surface area contributed by atoms with E-state index in [0.717, 1.165) is 28.1 Å². The molecule has 0 N–H and O–H groups in total.